The van der Waals surface area contributed by atoms with E-state index in [0.717, 1.165) is 43.2 Å². The van der Waals surface area contributed by atoms with Gasteiger partial charge in [0.05, 0.1) is 13.7 Å². The Labute approximate surface area is 149 Å². The molecule has 0 aliphatic carbocycles. The number of methoxy groups -OCH3 is 1. The Morgan fingerprint density at radius 1 is 1.08 bits per heavy atom. The first-order valence-corrected chi connectivity index (χ1v) is 8.65. The Morgan fingerprint density at radius 3 is 2.56 bits per heavy atom. The van der Waals surface area contributed by atoms with E-state index in [4.69, 9.17) is 4.74 Å². The van der Waals surface area contributed by atoms with Gasteiger partial charge in [-0.25, -0.2) is 4.99 Å². The van der Waals surface area contributed by atoms with Crippen molar-refractivity contribution in [1.29, 1.82) is 0 Å². The molecule has 0 fully saturated rings. The lowest BCUT2D eigenvalue weighted by atomic mass is 10.1. The molecule has 0 atom stereocenters. The van der Waals surface area contributed by atoms with E-state index < -0.39 is 0 Å². The van der Waals surface area contributed by atoms with Gasteiger partial charge in [0.15, 0.2) is 5.96 Å². The topological polar surface area (TPSA) is 65.9 Å². The molecule has 0 unspecified atom stereocenters. The van der Waals surface area contributed by atoms with Gasteiger partial charge in [-0.15, -0.1) is 0 Å². The van der Waals surface area contributed by atoms with E-state index >= 15 is 0 Å². The van der Waals surface area contributed by atoms with Crippen molar-refractivity contribution in [2.24, 2.45) is 4.99 Å². The van der Waals surface area contributed by atoms with Crippen LogP contribution in [0.1, 0.15) is 24.5 Å². The van der Waals surface area contributed by atoms with Crippen LogP contribution in [0, 0.1) is 0 Å². The van der Waals surface area contributed by atoms with Crippen LogP contribution >= 0.6 is 0 Å². The van der Waals surface area contributed by atoms with E-state index in [9.17, 15) is 5.11 Å². The highest BCUT2D eigenvalue weighted by Crippen LogP contribution is 2.17. The summed E-state index contributed by atoms with van der Waals surface area (Å²) >= 11 is 0. The lowest BCUT2D eigenvalue weighted by Gasteiger charge is -2.12. The van der Waals surface area contributed by atoms with Crippen molar-refractivity contribution in [3.8, 4) is 11.5 Å². The largest absolute Gasteiger partial charge is 0.508 e. The summed E-state index contributed by atoms with van der Waals surface area (Å²) in [7, 11) is 1.68. The molecule has 0 radical (unpaired) electrons. The quantitative estimate of drug-likeness (QED) is 0.392. The van der Waals surface area contributed by atoms with Crippen molar-refractivity contribution in [2.45, 2.75) is 26.3 Å². The molecule has 2 aromatic rings. The van der Waals surface area contributed by atoms with Crippen molar-refractivity contribution in [3.05, 3.63) is 59.7 Å². The first kappa shape index (κ1) is 18.6. The van der Waals surface area contributed by atoms with E-state index in [1.54, 1.807) is 19.2 Å². The molecule has 0 aliphatic heterocycles. The summed E-state index contributed by atoms with van der Waals surface area (Å²) in [5, 5.41) is 15.9. The van der Waals surface area contributed by atoms with Gasteiger partial charge in [-0.2, -0.15) is 0 Å². The number of aryl methyl sites for hydroxylation is 1. The van der Waals surface area contributed by atoms with Gasteiger partial charge in [-0.3, -0.25) is 0 Å². The number of phenolic OH excluding ortho intramolecular Hbond substituents is 1. The number of guanidine groups is 1. The predicted molar refractivity (Wildman–Crippen MR) is 102 cm³/mol. The standard InChI is InChI=1S/C20H27N3O2/c1-3-21-20(23-15-17-8-4-5-9-19(17)25-2)22-14-6-7-16-10-12-18(24)13-11-16/h4-5,8-13,24H,3,6-7,14-15H2,1-2H3,(H2,21,22,23). The maximum atomic E-state index is 9.31. The SMILES string of the molecule is CCNC(=NCc1ccccc1OC)NCCCc1ccc(O)cc1. The zero-order valence-corrected chi connectivity index (χ0v) is 15.0. The van der Waals surface area contributed by atoms with Crippen molar-refractivity contribution in [2.75, 3.05) is 20.2 Å². The van der Waals surface area contributed by atoms with Gasteiger partial charge in [-0.05, 0) is 43.5 Å². The molecule has 0 spiro atoms. The molecule has 0 amide bonds. The average molecular weight is 341 g/mol. The number of benzene rings is 2. The fraction of sp³-hybridized carbons (Fsp3) is 0.350. The summed E-state index contributed by atoms with van der Waals surface area (Å²) in [5.74, 6) is 1.97. The third kappa shape index (κ3) is 6.37. The van der Waals surface area contributed by atoms with E-state index in [2.05, 4.69) is 22.5 Å². The monoisotopic (exact) mass is 341 g/mol. The number of hydrogen-bond acceptors (Lipinski definition) is 3. The average Bonchev–Trinajstić information content (AvgIpc) is 2.64. The van der Waals surface area contributed by atoms with Crippen molar-refractivity contribution in [1.82, 2.24) is 10.6 Å². The number of nitrogens with zero attached hydrogens (tertiary/aromatic N) is 1. The Morgan fingerprint density at radius 2 is 1.84 bits per heavy atom. The lowest BCUT2D eigenvalue weighted by Crippen LogP contribution is -2.37. The van der Waals surface area contributed by atoms with E-state index in [-0.39, 0.29) is 0 Å². The molecular weight excluding hydrogens is 314 g/mol. The minimum atomic E-state index is 0.305. The number of aliphatic imine (C=N–C) groups is 1. The Balaban J connectivity index is 1.84. The molecule has 25 heavy (non-hydrogen) atoms. The van der Waals surface area contributed by atoms with Crippen LogP contribution in [-0.2, 0) is 13.0 Å². The van der Waals surface area contributed by atoms with E-state index in [1.807, 2.05) is 36.4 Å². The molecule has 2 aromatic carbocycles. The summed E-state index contributed by atoms with van der Waals surface area (Å²) in [6, 6.07) is 15.3. The van der Waals surface area contributed by atoms with Crippen LogP contribution in [0.3, 0.4) is 0 Å². The van der Waals surface area contributed by atoms with Gasteiger partial charge in [0, 0.05) is 18.7 Å². The number of aromatic hydroxyl groups is 1. The van der Waals surface area contributed by atoms with Gasteiger partial charge >= 0.3 is 0 Å². The fourth-order valence-electron chi connectivity index (χ4n) is 2.50. The summed E-state index contributed by atoms with van der Waals surface area (Å²) < 4.78 is 5.37. The Bertz CT molecular complexity index is 669. The second-order valence-electron chi connectivity index (χ2n) is 5.70. The van der Waals surface area contributed by atoms with Gasteiger partial charge in [0.1, 0.15) is 11.5 Å². The maximum absolute atomic E-state index is 9.31. The van der Waals surface area contributed by atoms with Gasteiger partial charge < -0.3 is 20.5 Å². The predicted octanol–water partition coefficient (Wildman–Crippen LogP) is 3.09. The third-order valence-electron chi connectivity index (χ3n) is 3.82. The second-order valence-corrected chi connectivity index (χ2v) is 5.70. The molecule has 0 heterocycles. The smallest absolute Gasteiger partial charge is 0.191 e. The minimum Gasteiger partial charge on any atom is -0.508 e. The van der Waals surface area contributed by atoms with Crippen molar-refractivity contribution < 1.29 is 9.84 Å². The minimum absolute atomic E-state index is 0.305. The summed E-state index contributed by atoms with van der Waals surface area (Å²) in [6.45, 7) is 4.27. The number of rotatable bonds is 8. The van der Waals surface area contributed by atoms with E-state index in [0.29, 0.717) is 12.3 Å². The molecule has 0 bridgehead atoms. The van der Waals surface area contributed by atoms with Crippen LogP contribution < -0.4 is 15.4 Å². The zero-order valence-electron chi connectivity index (χ0n) is 15.0. The first-order chi connectivity index (χ1) is 12.2. The third-order valence-corrected chi connectivity index (χ3v) is 3.82. The Kier molecular flexibility index (Phi) is 7.63. The normalized spacial score (nSPS) is 11.2. The molecule has 5 nitrogen and oxygen atoms in total. The van der Waals surface area contributed by atoms with Gasteiger partial charge in [0.25, 0.3) is 0 Å². The first-order valence-electron chi connectivity index (χ1n) is 8.65. The lowest BCUT2D eigenvalue weighted by molar-refractivity contribution is 0.410. The number of nitrogens with one attached hydrogen (secondary N) is 2. The second kappa shape index (κ2) is 10.2. The van der Waals surface area contributed by atoms with Crippen molar-refractivity contribution >= 4 is 5.96 Å². The molecule has 3 N–H and O–H groups in total. The van der Waals surface area contributed by atoms with Gasteiger partial charge in [0.2, 0.25) is 0 Å². The van der Waals surface area contributed by atoms with Crippen LogP contribution in [0.15, 0.2) is 53.5 Å². The highest BCUT2D eigenvalue weighted by molar-refractivity contribution is 5.79. The van der Waals surface area contributed by atoms with Crippen LogP contribution in [0.5, 0.6) is 11.5 Å². The number of ether oxygens (including phenoxy) is 1. The molecule has 0 saturated carbocycles. The molecule has 0 saturated heterocycles. The van der Waals surface area contributed by atoms with Gasteiger partial charge in [-0.1, -0.05) is 30.3 Å². The highest BCUT2D eigenvalue weighted by Gasteiger charge is 2.02. The zero-order chi connectivity index (χ0) is 17.9. The highest BCUT2D eigenvalue weighted by atomic mass is 16.5. The summed E-state index contributed by atoms with van der Waals surface area (Å²) in [4.78, 5) is 4.63. The molecule has 0 aromatic heterocycles. The molecule has 5 heteroatoms. The molecule has 134 valence electrons. The Hall–Kier alpha value is -2.69. The van der Waals surface area contributed by atoms with Crippen LogP contribution in [0.4, 0.5) is 0 Å². The van der Waals surface area contributed by atoms with Crippen LogP contribution in [0.25, 0.3) is 0 Å². The molecule has 0 aliphatic rings. The number of hydrogen-bond donors (Lipinski definition) is 3. The van der Waals surface area contributed by atoms with Crippen molar-refractivity contribution in [3.63, 3.8) is 0 Å². The summed E-state index contributed by atoms with van der Waals surface area (Å²) in [6.07, 6.45) is 1.95. The molecule has 2 rings (SSSR count). The number of phenols is 1. The van der Waals surface area contributed by atoms with Crippen LogP contribution in [0.2, 0.25) is 0 Å². The number of para-hydroxylation sites is 1. The fourth-order valence-corrected chi connectivity index (χ4v) is 2.50. The van der Waals surface area contributed by atoms with Crippen LogP contribution in [-0.4, -0.2) is 31.3 Å². The summed E-state index contributed by atoms with van der Waals surface area (Å²) in [5.41, 5.74) is 2.28. The molecular formula is C20H27N3O2. The van der Waals surface area contributed by atoms with E-state index in [1.165, 1.54) is 5.56 Å². The maximum Gasteiger partial charge on any atom is 0.191 e.